The first-order valence-corrected chi connectivity index (χ1v) is 7.52. The van der Waals surface area contributed by atoms with Crippen LogP contribution in [0.5, 0.6) is 0 Å². The third kappa shape index (κ3) is 3.71. The second kappa shape index (κ2) is 7.05. The monoisotopic (exact) mass is 276 g/mol. The fourth-order valence-electron chi connectivity index (χ4n) is 2.62. The van der Waals surface area contributed by atoms with Gasteiger partial charge in [0.05, 0.1) is 6.61 Å². The van der Waals surface area contributed by atoms with Crippen LogP contribution in [0.4, 0.5) is 0 Å². The normalized spacial score (nSPS) is 10.9. The first-order chi connectivity index (χ1) is 10.4. The highest BCUT2D eigenvalue weighted by Crippen LogP contribution is 2.19. The van der Waals surface area contributed by atoms with E-state index in [-0.39, 0.29) is 0 Å². The van der Waals surface area contributed by atoms with E-state index < -0.39 is 0 Å². The molecule has 0 fully saturated rings. The van der Waals surface area contributed by atoms with Gasteiger partial charge in [-0.05, 0) is 34.7 Å². The van der Waals surface area contributed by atoms with Crippen LogP contribution in [0.1, 0.15) is 17.5 Å². The fraction of sp³-hybridized carbons (Fsp3) is 0.200. The molecule has 0 N–H and O–H groups in total. The highest BCUT2D eigenvalue weighted by atomic mass is 16.5. The molecule has 0 saturated heterocycles. The second-order valence-electron chi connectivity index (χ2n) is 5.28. The maximum Gasteiger partial charge on any atom is 0.0722 e. The van der Waals surface area contributed by atoms with Crippen molar-refractivity contribution in [2.75, 3.05) is 6.61 Å². The van der Waals surface area contributed by atoms with Gasteiger partial charge in [0.2, 0.25) is 0 Å². The molecule has 1 nitrogen and oxygen atoms in total. The molecule has 0 radical (unpaired) electrons. The summed E-state index contributed by atoms with van der Waals surface area (Å²) in [6.45, 7) is 1.49. The first-order valence-electron chi connectivity index (χ1n) is 7.52. The van der Waals surface area contributed by atoms with Crippen LogP contribution >= 0.6 is 0 Å². The van der Waals surface area contributed by atoms with Crippen molar-refractivity contribution in [1.29, 1.82) is 0 Å². The van der Waals surface area contributed by atoms with Crippen molar-refractivity contribution in [1.82, 2.24) is 0 Å². The summed E-state index contributed by atoms with van der Waals surface area (Å²) in [5, 5.41) is 2.57. The predicted molar refractivity (Wildman–Crippen MR) is 88.4 cm³/mol. The van der Waals surface area contributed by atoms with Gasteiger partial charge in [-0.3, -0.25) is 0 Å². The molecule has 0 aliphatic heterocycles. The lowest BCUT2D eigenvalue weighted by Crippen LogP contribution is -1.98. The highest BCUT2D eigenvalue weighted by molar-refractivity contribution is 5.85. The summed E-state index contributed by atoms with van der Waals surface area (Å²) in [7, 11) is 0. The molecule has 0 aromatic heterocycles. The van der Waals surface area contributed by atoms with E-state index in [1.165, 1.54) is 21.9 Å². The molecule has 21 heavy (non-hydrogen) atoms. The van der Waals surface area contributed by atoms with E-state index in [0.717, 1.165) is 19.4 Å². The van der Waals surface area contributed by atoms with E-state index in [4.69, 9.17) is 4.74 Å². The lowest BCUT2D eigenvalue weighted by atomic mass is 10.1. The average molecular weight is 276 g/mol. The maximum absolute atomic E-state index is 5.85. The summed E-state index contributed by atoms with van der Waals surface area (Å²) in [5.41, 5.74) is 2.65. The number of aryl methyl sites for hydroxylation is 1. The Morgan fingerprint density at radius 1 is 0.714 bits per heavy atom. The Labute approximate surface area is 126 Å². The summed E-state index contributed by atoms with van der Waals surface area (Å²) in [4.78, 5) is 0. The molecule has 0 saturated carbocycles. The summed E-state index contributed by atoms with van der Waals surface area (Å²) in [6.07, 6.45) is 2.14. The molecule has 0 amide bonds. The molecule has 0 aliphatic rings. The largest absolute Gasteiger partial charge is 0.377 e. The molecule has 0 heterocycles. The third-order valence-corrected chi connectivity index (χ3v) is 3.73. The second-order valence-corrected chi connectivity index (χ2v) is 5.28. The third-order valence-electron chi connectivity index (χ3n) is 3.73. The Morgan fingerprint density at radius 3 is 2.38 bits per heavy atom. The minimum Gasteiger partial charge on any atom is -0.377 e. The minimum absolute atomic E-state index is 0.691. The van der Waals surface area contributed by atoms with Gasteiger partial charge in [0.15, 0.2) is 0 Å². The lowest BCUT2D eigenvalue weighted by Gasteiger charge is -2.08. The zero-order valence-electron chi connectivity index (χ0n) is 12.2. The Kier molecular flexibility index (Phi) is 4.65. The van der Waals surface area contributed by atoms with Gasteiger partial charge in [-0.15, -0.1) is 0 Å². The van der Waals surface area contributed by atoms with Crippen LogP contribution in [0, 0.1) is 0 Å². The maximum atomic E-state index is 5.85. The van der Waals surface area contributed by atoms with Gasteiger partial charge in [-0.25, -0.2) is 0 Å². The molecule has 3 rings (SSSR count). The fourth-order valence-corrected chi connectivity index (χ4v) is 2.62. The zero-order chi connectivity index (χ0) is 14.3. The van der Waals surface area contributed by atoms with E-state index >= 15 is 0 Å². The topological polar surface area (TPSA) is 9.23 Å². The van der Waals surface area contributed by atoms with E-state index in [2.05, 4.69) is 72.8 Å². The van der Waals surface area contributed by atoms with Crippen LogP contribution < -0.4 is 0 Å². The van der Waals surface area contributed by atoms with Crippen LogP contribution in [0.3, 0.4) is 0 Å². The van der Waals surface area contributed by atoms with E-state index in [0.29, 0.717) is 6.61 Å². The standard InChI is InChI=1S/C20H20O/c1-2-8-17(9-3-1)10-7-15-21-16-19-13-6-12-18-11-4-5-14-20(18)19/h1-6,8-9,11-14H,7,10,15-16H2. The molecule has 106 valence electrons. The lowest BCUT2D eigenvalue weighted by molar-refractivity contribution is 0.119. The van der Waals surface area contributed by atoms with Gasteiger partial charge in [0, 0.05) is 6.61 Å². The van der Waals surface area contributed by atoms with Crippen molar-refractivity contribution in [3.05, 3.63) is 83.9 Å². The van der Waals surface area contributed by atoms with Crippen molar-refractivity contribution >= 4 is 10.8 Å². The van der Waals surface area contributed by atoms with Crippen LogP contribution in [0.25, 0.3) is 10.8 Å². The minimum atomic E-state index is 0.691. The molecule has 3 aromatic carbocycles. The average Bonchev–Trinajstić information content (AvgIpc) is 2.56. The number of hydrogen-bond acceptors (Lipinski definition) is 1. The Hall–Kier alpha value is -2.12. The van der Waals surface area contributed by atoms with E-state index in [1.807, 2.05) is 0 Å². The quantitative estimate of drug-likeness (QED) is 0.576. The number of benzene rings is 3. The van der Waals surface area contributed by atoms with Crippen LogP contribution in [-0.2, 0) is 17.8 Å². The summed E-state index contributed by atoms with van der Waals surface area (Å²) < 4.78 is 5.85. The predicted octanol–water partition coefficient (Wildman–Crippen LogP) is 4.99. The van der Waals surface area contributed by atoms with Crippen LogP contribution in [0.2, 0.25) is 0 Å². The van der Waals surface area contributed by atoms with Crippen LogP contribution in [0.15, 0.2) is 72.8 Å². The summed E-state index contributed by atoms with van der Waals surface area (Å²) in [6, 6.07) is 25.5. The van der Waals surface area contributed by atoms with Gasteiger partial charge in [0.25, 0.3) is 0 Å². The molecule has 0 spiro atoms. The van der Waals surface area contributed by atoms with E-state index in [1.54, 1.807) is 0 Å². The van der Waals surface area contributed by atoms with E-state index in [9.17, 15) is 0 Å². The Bertz CT molecular complexity index is 683. The van der Waals surface area contributed by atoms with Crippen molar-refractivity contribution < 1.29 is 4.74 Å². The summed E-state index contributed by atoms with van der Waals surface area (Å²) >= 11 is 0. The van der Waals surface area contributed by atoms with Gasteiger partial charge < -0.3 is 4.74 Å². The molecule has 0 aliphatic carbocycles. The van der Waals surface area contributed by atoms with Gasteiger partial charge in [-0.2, -0.15) is 0 Å². The first kappa shape index (κ1) is 13.8. The highest BCUT2D eigenvalue weighted by Gasteiger charge is 2.00. The SMILES string of the molecule is c1ccc(CCCOCc2cccc3ccccc23)cc1. The molecular formula is C20H20O. The number of ether oxygens (including phenoxy) is 1. The number of hydrogen-bond donors (Lipinski definition) is 0. The smallest absolute Gasteiger partial charge is 0.0722 e. The van der Waals surface area contributed by atoms with Gasteiger partial charge >= 0.3 is 0 Å². The molecule has 0 atom stereocenters. The Balaban J connectivity index is 1.51. The van der Waals surface area contributed by atoms with Crippen molar-refractivity contribution in [2.45, 2.75) is 19.4 Å². The Morgan fingerprint density at radius 2 is 1.48 bits per heavy atom. The van der Waals surface area contributed by atoms with Gasteiger partial charge in [-0.1, -0.05) is 72.8 Å². The zero-order valence-corrected chi connectivity index (χ0v) is 12.2. The number of fused-ring (bicyclic) bond motifs is 1. The van der Waals surface area contributed by atoms with Gasteiger partial charge in [0.1, 0.15) is 0 Å². The molecule has 3 aromatic rings. The van der Waals surface area contributed by atoms with Crippen molar-refractivity contribution in [3.8, 4) is 0 Å². The molecular weight excluding hydrogens is 256 g/mol. The number of rotatable bonds is 6. The molecule has 1 heteroatoms. The van der Waals surface area contributed by atoms with Crippen LogP contribution in [-0.4, -0.2) is 6.61 Å². The molecule has 0 unspecified atom stereocenters. The van der Waals surface area contributed by atoms with Crippen molar-refractivity contribution in [3.63, 3.8) is 0 Å². The van der Waals surface area contributed by atoms with Crippen molar-refractivity contribution in [2.24, 2.45) is 0 Å². The molecule has 0 bridgehead atoms. The summed E-state index contributed by atoms with van der Waals surface area (Å²) in [5.74, 6) is 0.